The molecule has 0 unspecified atom stereocenters. The van der Waals surface area contributed by atoms with Crippen molar-refractivity contribution >= 4 is 17.6 Å². The van der Waals surface area contributed by atoms with Crippen molar-refractivity contribution in [2.75, 3.05) is 25.5 Å². The monoisotopic (exact) mass is 266 g/mol. The van der Waals surface area contributed by atoms with Gasteiger partial charge in [-0.1, -0.05) is 13.8 Å². The number of hydrogen-bond acceptors (Lipinski definition) is 5. The van der Waals surface area contributed by atoms with Crippen molar-refractivity contribution in [2.24, 2.45) is 0 Å². The van der Waals surface area contributed by atoms with Crippen LogP contribution in [0.4, 0.5) is 5.69 Å². The lowest BCUT2D eigenvalue weighted by molar-refractivity contribution is -0.119. The maximum atomic E-state index is 11.3. The Hall–Kier alpha value is -2.18. The average Bonchev–Trinajstić information content (AvgIpc) is 2.37. The van der Waals surface area contributed by atoms with Crippen LogP contribution in [0.5, 0.6) is 0 Å². The lowest BCUT2D eigenvalue weighted by Gasteiger charge is -2.19. The van der Waals surface area contributed by atoms with Crippen LogP contribution in [0.25, 0.3) is 0 Å². The maximum Gasteiger partial charge on any atom is 0.356 e. The number of aromatic nitrogens is 2. The summed E-state index contributed by atoms with van der Waals surface area (Å²) >= 11 is 0. The number of carboxylic acid groups (broad SMARTS) is 1. The Kier molecular flexibility index (Phi) is 4.80. The quantitative estimate of drug-likeness (QED) is 0.805. The first kappa shape index (κ1) is 14.9. The van der Waals surface area contributed by atoms with Crippen LogP contribution < -0.4 is 10.2 Å². The molecule has 1 aromatic heterocycles. The lowest BCUT2D eigenvalue weighted by atomic mass is 10.2. The zero-order chi connectivity index (χ0) is 14.6. The first-order valence-electron chi connectivity index (χ1n) is 5.88. The summed E-state index contributed by atoms with van der Waals surface area (Å²) in [4.78, 5) is 32.2. The summed E-state index contributed by atoms with van der Waals surface area (Å²) in [5.74, 6) is -0.847. The van der Waals surface area contributed by atoms with Crippen molar-refractivity contribution in [3.05, 3.63) is 17.7 Å². The van der Waals surface area contributed by atoms with Gasteiger partial charge in [-0.25, -0.2) is 14.8 Å². The Labute approximate surface area is 111 Å². The molecular weight excluding hydrogens is 248 g/mol. The number of nitrogens with zero attached hydrogens (tertiary/aromatic N) is 3. The molecule has 0 saturated carbocycles. The Morgan fingerprint density at radius 1 is 1.47 bits per heavy atom. The minimum absolute atomic E-state index is 0.0383. The Morgan fingerprint density at radius 2 is 2.11 bits per heavy atom. The van der Waals surface area contributed by atoms with Crippen LogP contribution in [0.1, 0.15) is 36.1 Å². The van der Waals surface area contributed by atoms with Gasteiger partial charge in [0.2, 0.25) is 5.91 Å². The third kappa shape index (κ3) is 3.64. The molecule has 0 aromatic carbocycles. The molecule has 1 aromatic rings. The molecule has 1 rings (SSSR count). The van der Waals surface area contributed by atoms with Crippen molar-refractivity contribution in [3.63, 3.8) is 0 Å². The van der Waals surface area contributed by atoms with E-state index >= 15 is 0 Å². The average molecular weight is 266 g/mol. The van der Waals surface area contributed by atoms with E-state index < -0.39 is 5.97 Å². The zero-order valence-corrected chi connectivity index (χ0v) is 11.5. The van der Waals surface area contributed by atoms with Gasteiger partial charge in [-0.3, -0.25) is 4.79 Å². The number of carbonyl (C=O) groups excluding carboxylic acids is 1. The molecule has 0 aliphatic rings. The smallest absolute Gasteiger partial charge is 0.356 e. The maximum absolute atomic E-state index is 11.3. The molecule has 0 aliphatic heterocycles. The highest BCUT2D eigenvalue weighted by molar-refractivity contribution is 5.93. The molecule has 0 fully saturated rings. The van der Waals surface area contributed by atoms with Gasteiger partial charge >= 0.3 is 5.97 Å². The minimum atomic E-state index is -1.14. The van der Waals surface area contributed by atoms with E-state index in [9.17, 15) is 14.7 Å². The Morgan fingerprint density at radius 3 is 2.58 bits per heavy atom. The molecular formula is C12H18N4O3. The topological polar surface area (TPSA) is 95.4 Å². The summed E-state index contributed by atoms with van der Waals surface area (Å²) in [6.45, 7) is 3.81. The van der Waals surface area contributed by atoms with Gasteiger partial charge in [0.25, 0.3) is 0 Å². The van der Waals surface area contributed by atoms with Crippen molar-refractivity contribution in [3.8, 4) is 0 Å². The number of hydrogen-bond donors (Lipinski definition) is 2. The van der Waals surface area contributed by atoms with Gasteiger partial charge in [-0.2, -0.15) is 0 Å². The van der Waals surface area contributed by atoms with Gasteiger partial charge in [0, 0.05) is 20.0 Å². The van der Waals surface area contributed by atoms with Crippen molar-refractivity contribution in [1.82, 2.24) is 15.3 Å². The van der Waals surface area contributed by atoms with E-state index in [1.54, 1.807) is 7.05 Å². The van der Waals surface area contributed by atoms with Crippen LogP contribution >= 0.6 is 0 Å². The molecule has 0 saturated heterocycles. The normalized spacial score (nSPS) is 10.4. The SMILES string of the molecule is CNC(=O)CN(C)c1cnc(C(C)C)nc1C(=O)O. The van der Waals surface area contributed by atoms with Gasteiger partial charge in [0.15, 0.2) is 5.69 Å². The summed E-state index contributed by atoms with van der Waals surface area (Å²) in [5.41, 5.74) is 0.227. The van der Waals surface area contributed by atoms with Crippen molar-refractivity contribution in [2.45, 2.75) is 19.8 Å². The standard InChI is InChI=1S/C12H18N4O3/c1-7(2)11-14-5-8(10(15-11)12(18)19)16(4)6-9(17)13-3/h5,7H,6H2,1-4H3,(H,13,17)(H,18,19). The number of rotatable bonds is 5. The number of carboxylic acids is 1. The molecule has 2 N–H and O–H groups in total. The fourth-order valence-corrected chi connectivity index (χ4v) is 1.48. The predicted molar refractivity (Wildman–Crippen MR) is 70.4 cm³/mol. The highest BCUT2D eigenvalue weighted by atomic mass is 16.4. The summed E-state index contributed by atoms with van der Waals surface area (Å²) in [5, 5.41) is 11.7. The van der Waals surface area contributed by atoms with E-state index in [1.807, 2.05) is 13.8 Å². The van der Waals surface area contributed by atoms with Gasteiger partial charge in [0.1, 0.15) is 5.82 Å². The van der Waals surface area contributed by atoms with Crippen LogP contribution in [0.15, 0.2) is 6.20 Å². The van der Waals surface area contributed by atoms with Gasteiger partial charge in [-0.15, -0.1) is 0 Å². The van der Waals surface area contributed by atoms with Crippen LogP contribution in [-0.4, -0.2) is 47.6 Å². The molecule has 0 radical (unpaired) electrons. The third-order valence-electron chi connectivity index (χ3n) is 2.58. The number of aromatic carboxylic acids is 1. The molecule has 0 atom stereocenters. The molecule has 0 bridgehead atoms. The number of carbonyl (C=O) groups is 2. The molecule has 1 heterocycles. The number of nitrogens with one attached hydrogen (secondary N) is 1. The molecule has 1 amide bonds. The minimum Gasteiger partial charge on any atom is -0.476 e. The predicted octanol–water partition coefficient (Wildman–Crippen LogP) is 0.480. The molecule has 7 heteroatoms. The first-order valence-corrected chi connectivity index (χ1v) is 5.88. The second-order valence-electron chi connectivity index (χ2n) is 4.45. The highest BCUT2D eigenvalue weighted by Crippen LogP contribution is 2.19. The fraction of sp³-hybridized carbons (Fsp3) is 0.500. The van der Waals surface area contributed by atoms with Gasteiger partial charge in [0.05, 0.1) is 18.4 Å². The third-order valence-corrected chi connectivity index (χ3v) is 2.58. The van der Waals surface area contributed by atoms with Crippen LogP contribution in [0.2, 0.25) is 0 Å². The van der Waals surface area contributed by atoms with E-state index in [-0.39, 0.29) is 24.1 Å². The van der Waals surface area contributed by atoms with Crippen molar-refractivity contribution < 1.29 is 14.7 Å². The summed E-state index contributed by atoms with van der Waals surface area (Å²) in [7, 11) is 3.14. The largest absolute Gasteiger partial charge is 0.476 e. The first-order chi connectivity index (χ1) is 8.86. The van der Waals surface area contributed by atoms with Crippen LogP contribution in [0, 0.1) is 0 Å². The van der Waals surface area contributed by atoms with E-state index in [1.165, 1.54) is 18.1 Å². The van der Waals surface area contributed by atoms with E-state index in [2.05, 4.69) is 15.3 Å². The zero-order valence-electron chi connectivity index (χ0n) is 11.5. The summed E-state index contributed by atoms with van der Waals surface area (Å²) in [6.07, 6.45) is 1.44. The molecule has 7 nitrogen and oxygen atoms in total. The fourth-order valence-electron chi connectivity index (χ4n) is 1.48. The Bertz CT molecular complexity index is 488. The van der Waals surface area contributed by atoms with Gasteiger partial charge < -0.3 is 15.3 Å². The molecule has 19 heavy (non-hydrogen) atoms. The van der Waals surface area contributed by atoms with Gasteiger partial charge in [-0.05, 0) is 0 Å². The number of amides is 1. The molecule has 0 spiro atoms. The number of anilines is 1. The van der Waals surface area contributed by atoms with Crippen molar-refractivity contribution in [1.29, 1.82) is 0 Å². The second-order valence-corrected chi connectivity index (χ2v) is 4.45. The highest BCUT2D eigenvalue weighted by Gasteiger charge is 2.19. The molecule has 104 valence electrons. The van der Waals surface area contributed by atoms with E-state index in [4.69, 9.17) is 0 Å². The summed E-state index contributed by atoms with van der Waals surface area (Å²) in [6, 6.07) is 0. The number of likely N-dealkylation sites (N-methyl/N-ethyl adjacent to an activating group) is 2. The summed E-state index contributed by atoms with van der Waals surface area (Å²) < 4.78 is 0. The second kappa shape index (κ2) is 6.12. The van der Waals surface area contributed by atoms with E-state index in [0.717, 1.165) is 0 Å². The molecule has 0 aliphatic carbocycles. The lowest BCUT2D eigenvalue weighted by Crippen LogP contribution is -2.34. The van der Waals surface area contributed by atoms with E-state index in [0.29, 0.717) is 11.5 Å². The van der Waals surface area contributed by atoms with Crippen LogP contribution in [0.3, 0.4) is 0 Å². The Balaban J connectivity index is 3.12. The van der Waals surface area contributed by atoms with Crippen LogP contribution in [-0.2, 0) is 4.79 Å².